The molecule has 3 aromatic rings. The van der Waals surface area contributed by atoms with Gasteiger partial charge in [-0.25, -0.2) is 13.4 Å². The number of aryl methyl sites for hydroxylation is 1. The lowest BCUT2D eigenvalue weighted by Crippen LogP contribution is -2.02. The van der Waals surface area contributed by atoms with Gasteiger partial charge in [-0.1, -0.05) is 67.1 Å². The molecule has 0 saturated carbocycles. The van der Waals surface area contributed by atoms with Crippen LogP contribution in [0, 0.1) is 0 Å². The lowest BCUT2D eigenvalue weighted by molar-refractivity contribution is 0.595. The SMILES string of the molecule is CS(=O)(=O)CCCCCc1nc(-c2ccccc2)c(-c2ccccc2)[nH]1. The molecule has 0 fully saturated rings. The van der Waals surface area contributed by atoms with E-state index in [4.69, 9.17) is 4.98 Å². The summed E-state index contributed by atoms with van der Waals surface area (Å²) < 4.78 is 22.4. The molecule has 0 radical (unpaired) electrons. The highest BCUT2D eigenvalue weighted by molar-refractivity contribution is 7.90. The quantitative estimate of drug-likeness (QED) is 0.595. The van der Waals surface area contributed by atoms with Crippen molar-refractivity contribution < 1.29 is 8.42 Å². The van der Waals surface area contributed by atoms with Gasteiger partial charge in [0.15, 0.2) is 0 Å². The first kappa shape index (κ1) is 18.4. The third-order valence-corrected chi connectivity index (χ3v) is 5.32. The lowest BCUT2D eigenvalue weighted by atomic mass is 10.1. The number of nitrogens with zero attached hydrogens (tertiary/aromatic N) is 1. The molecule has 136 valence electrons. The molecular weight excluding hydrogens is 344 g/mol. The normalized spacial score (nSPS) is 11.6. The van der Waals surface area contributed by atoms with Crippen LogP contribution in [0.15, 0.2) is 60.7 Å². The van der Waals surface area contributed by atoms with Crippen LogP contribution >= 0.6 is 0 Å². The molecule has 0 aliphatic carbocycles. The van der Waals surface area contributed by atoms with Crippen LogP contribution in [0.3, 0.4) is 0 Å². The van der Waals surface area contributed by atoms with Crippen molar-refractivity contribution in [2.45, 2.75) is 25.7 Å². The fourth-order valence-electron chi connectivity index (χ4n) is 2.99. The summed E-state index contributed by atoms with van der Waals surface area (Å²) >= 11 is 0. The molecule has 0 atom stereocenters. The van der Waals surface area contributed by atoms with Gasteiger partial charge in [0.05, 0.1) is 11.4 Å². The lowest BCUT2D eigenvalue weighted by Gasteiger charge is -2.02. The largest absolute Gasteiger partial charge is 0.341 e. The van der Waals surface area contributed by atoms with Gasteiger partial charge in [0.2, 0.25) is 0 Å². The van der Waals surface area contributed by atoms with Crippen molar-refractivity contribution in [1.29, 1.82) is 0 Å². The Morgan fingerprint density at radius 3 is 2.08 bits per heavy atom. The molecule has 0 aliphatic rings. The van der Waals surface area contributed by atoms with Crippen LogP contribution in [0.4, 0.5) is 0 Å². The van der Waals surface area contributed by atoms with E-state index in [-0.39, 0.29) is 5.75 Å². The fraction of sp³-hybridized carbons (Fsp3) is 0.286. The summed E-state index contributed by atoms with van der Waals surface area (Å²) in [5.41, 5.74) is 4.19. The number of sulfone groups is 1. The van der Waals surface area contributed by atoms with Crippen molar-refractivity contribution in [2.75, 3.05) is 12.0 Å². The maximum atomic E-state index is 11.2. The van der Waals surface area contributed by atoms with Gasteiger partial charge >= 0.3 is 0 Å². The molecule has 0 amide bonds. The zero-order chi connectivity index (χ0) is 18.4. The molecular formula is C21H24N2O2S. The van der Waals surface area contributed by atoms with Crippen LogP contribution in [0.2, 0.25) is 0 Å². The molecule has 26 heavy (non-hydrogen) atoms. The first-order valence-electron chi connectivity index (χ1n) is 8.90. The second kappa shape index (κ2) is 8.32. The first-order chi connectivity index (χ1) is 12.5. The Hall–Kier alpha value is -2.40. The highest BCUT2D eigenvalue weighted by Crippen LogP contribution is 2.30. The monoisotopic (exact) mass is 368 g/mol. The minimum atomic E-state index is -2.87. The zero-order valence-corrected chi connectivity index (χ0v) is 15.8. The number of nitrogens with one attached hydrogen (secondary N) is 1. The Morgan fingerprint density at radius 1 is 0.846 bits per heavy atom. The van der Waals surface area contributed by atoms with Gasteiger partial charge in [-0.05, 0) is 12.8 Å². The predicted octanol–water partition coefficient (Wildman–Crippen LogP) is 4.50. The Balaban J connectivity index is 1.77. The summed E-state index contributed by atoms with van der Waals surface area (Å²) in [7, 11) is -2.87. The van der Waals surface area contributed by atoms with Crippen LogP contribution in [-0.2, 0) is 16.3 Å². The molecule has 4 nitrogen and oxygen atoms in total. The minimum absolute atomic E-state index is 0.260. The molecule has 3 rings (SSSR count). The number of benzene rings is 2. The summed E-state index contributed by atoms with van der Waals surface area (Å²) in [5, 5.41) is 0. The summed E-state index contributed by atoms with van der Waals surface area (Å²) in [6.45, 7) is 0. The van der Waals surface area contributed by atoms with E-state index in [0.29, 0.717) is 6.42 Å². The molecule has 0 saturated heterocycles. The van der Waals surface area contributed by atoms with Gasteiger partial charge in [-0.2, -0.15) is 0 Å². The van der Waals surface area contributed by atoms with E-state index in [1.165, 1.54) is 6.26 Å². The van der Waals surface area contributed by atoms with E-state index >= 15 is 0 Å². The van der Waals surface area contributed by atoms with E-state index in [1.807, 2.05) is 36.4 Å². The predicted molar refractivity (Wildman–Crippen MR) is 107 cm³/mol. The van der Waals surface area contributed by atoms with E-state index in [1.54, 1.807) is 0 Å². The van der Waals surface area contributed by atoms with Crippen molar-refractivity contribution in [1.82, 2.24) is 9.97 Å². The number of aromatic amines is 1. The third kappa shape index (κ3) is 5.05. The summed E-state index contributed by atoms with van der Waals surface area (Å²) in [4.78, 5) is 8.30. The number of rotatable bonds is 8. The topological polar surface area (TPSA) is 62.8 Å². The summed E-state index contributed by atoms with van der Waals surface area (Å²) in [6.07, 6.45) is 4.62. The minimum Gasteiger partial charge on any atom is -0.341 e. The van der Waals surface area contributed by atoms with Crippen LogP contribution in [0.5, 0.6) is 0 Å². The van der Waals surface area contributed by atoms with Gasteiger partial charge < -0.3 is 4.98 Å². The van der Waals surface area contributed by atoms with Crippen LogP contribution < -0.4 is 0 Å². The number of hydrogen-bond donors (Lipinski definition) is 1. The van der Waals surface area contributed by atoms with Crippen LogP contribution in [0.25, 0.3) is 22.5 Å². The number of unbranched alkanes of at least 4 members (excludes halogenated alkanes) is 2. The fourth-order valence-corrected chi connectivity index (χ4v) is 3.72. The molecule has 1 heterocycles. The number of H-pyrrole nitrogens is 1. The highest BCUT2D eigenvalue weighted by atomic mass is 32.2. The Kier molecular flexibility index (Phi) is 5.89. The number of aromatic nitrogens is 2. The second-order valence-corrected chi connectivity index (χ2v) is 8.84. The summed E-state index contributed by atoms with van der Waals surface area (Å²) in [5.74, 6) is 1.21. The molecule has 0 aliphatic heterocycles. The maximum absolute atomic E-state index is 11.2. The number of hydrogen-bond acceptors (Lipinski definition) is 3. The first-order valence-corrected chi connectivity index (χ1v) is 11.0. The standard InChI is InChI=1S/C21H24N2O2S/c1-26(24,25)16-10-4-9-15-19-22-20(17-11-5-2-6-12-17)21(23-19)18-13-7-3-8-14-18/h2-3,5-8,11-14H,4,9-10,15-16H2,1H3,(H,22,23). The van der Waals surface area contributed by atoms with Crippen LogP contribution in [-0.4, -0.2) is 30.4 Å². The Labute approximate surface area is 155 Å². The molecule has 0 bridgehead atoms. The van der Waals surface area contributed by atoms with Crippen molar-refractivity contribution in [3.8, 4) is 22.5 Å². The zero-order valence-electron chi connectivity index (χ0n) is 15.0. The smallest absolute Gasteiger partial charge is 0.147 e. The molecule has 5 heteroatoms. The van der Waals surface area contributed by atoms with Gasteiger partial charge in [0, 0.05) is 29.6 Å². The third-order valence-electron chi connectivity index (χ3n) is 4.29. The second-order valence-electron chi connectivity index (χ2n) is 6.58. The van der Waals surface area contributed by atoms with Crippen molar-refractivity contribution >= 4 is 9.84 Å². The Bertz CT molecular complexity index is 876. The molecule has 0 spiro atoms. The van der Waals surface area contributed by atoms with E-state index < -0.39 is 9.84 Å². The summed E-state index contributed by atoms with van der Waals surface area (Å²) in [6, 6.07) is 20.4. The Morgan fingerprint density at radius 2 is 1.46 bits per heavy atom. The van der Waals surface area contributed by atoms with Gasteiger partial charge in [0.1, 0.15) is 15.7 Å². The maximum Gasteiger partial charge on any atom is 0.147 e. The highest BCUT2D eigenvalue weighted by Gasteiger charge is 2.13. The van der Waals surface area contributed by atoms with Crippen LogP contribution in [0.1, 0.15) is 25.1 Å². The molecule has 1 aromatic heterocycles. The van der Waals surface area contributed by atoms with Gasteiger partial charge in [-0.15, -0.1) is 0 Å². The average molecular weight is 369 g/mol. The van der Waals surface area contributed by atoms with Crippen molar-refractivity contribution in [3.63, 3.8) is 0 Å². The van der Waals surface area contributed by atoms with E-state index in [2.05, 4.69) is 29.2 Å². The van der Waals surface area contributed by atoms with Gasteiger partial charge in [-0.3, -0.25) is 0 Å². The molecule has 2 aromatic carbocycles. The van der Waals surface area contributed by atoms with E-state index in [0.717, 1.165) is 47.6 Å². The molecule has 1 N–H and O–H groups in total. The van der Waals surface area contributed by atoms with Crippen molar-refractivity contribution in [2.24, 2.45) is 0 Å². The van der Waals surface area contributed by atoms with Crippen molar-refractivity contribution in [3.05, 3.63) is 66.5 Å². The number of imidazole rings is 1. The van der Waals surface area contributed by atoms with Gasteiger partial charge in [0.25, 0.3) is 0 Å². The van der Waals surface area contributed by atoms with E-state index in [9.17, 15) is 8.42 Å². The molecule has 0 unspecified atom stereocenters. The average Bonchev–Trinajstić information content (AvgIpc) is 3.06.